The maximum absolute atomic E-state index is 13.9. The van der Waals surface area contributed by atoms with Crippen molar-refractivity contribution < 1.29 is 38.5 Å². The maximum atomic E-state index is 13.9. The number of carboxylic acids is 1. The molecular weight excluding hydrogens is 464 g/mol. The number of hydrogen-bond acceptors (Lipinski definition) is 7. The summed E-state index contributed by atoms with van der Waals surface area (Å²) in [6, 6.07) is 0. The molecule has 4 fully saturated rings. The van der Waals surface area contributed by atoms with Crippen LogP contribution in [0.1, 0.15) is 85.5 Å². The molecule has 1 saturated heterocycles. The lowest BCUT2D eigenvalue weighted by Crippen LogP contribution is -2.61. The molecule has 1 aliphatic heterocycles. The molecule has 7 atom stereocenters. The summed E-state index contributed by atoms with van der Waals surface area (Å²) in [5, 5.41) is 8.82. The van der Waals surface area contributed by atoms with Crippen LogP contribution < -0.4 is 0 Å². The van der Waals surface area contributed by atoms with Gasteiger partial charge in [0.25, 0.3) is 0 Å². The molecule has 5 rings (SSSR count). The van der Waals surface area contributed by atoms with Crippen LogP contribution in [-0.4, -0.2) is 52.7 Å². The molecule has 0 aromatic heterocycles. The van der Waals surface area contributed by atoms with E-state index in [1.54, 1.807) is 0 Å². The molecule has 0 aromatic carbocycles. The number of fused-ring (bicyclic) bond motifs is 7. The molecule has 8 heteroatoms. The third-order valence-corrected chi connectivity index (χ3v) is 10.3. The van der Waals surface area contributed by atoms with Gasteiger partial charge in [0.05, 0.1) is 18.9 Å². The highest BCUT2D eigenvalue weighted by atomic mass is 16.8. The second-order valence-electron chi connectivity index (χ2n) is 12.5. The summed E-state index contributed by atoms with van der Waals surface area (Å²) in [5.41, 5.74) is -0.361. The monoisotopic (exact) mass is 502 g/mol. The minimum Gasteiger partial charge on any atom is -0.481 e. The molecule has 1 N–H and O–H groups in total. The molecule has 36 heavy (non-hydrogen) atoms. The van der Waals surface area contributed by atoms with Crippen molar-refractivity contribution in [3.63, 3.8) is 0 Å². The minimum absolute atomic E-state index is 0.0215. The largest absolute Gasteiger partial charge is 0.481 e. The fraction of sp³-hybridized carbons (Fsp3) is 0.786. The van der Waals surface area contributed by atoms with Gasteiger partial charge in [-0.15, -0.1) is 0 Å². The van der Waals surface area contributed by atoms with E-state index in [9.17, 15) is 19.2 Å². The van der Waals surface area contributed by atoms with Gasteiger partial charge in [-0.3, -0.25) is 19.2 Å². The van der Waals surface area contributed by atoms with Crippen LogP contribution in [0.3, 0.4) is 0 Å². The first kappa shape index (κ1) is 25.6. The Morgan fingerprint density at radius 1 is 1.06 bits per heavy atom. The van der Waals surface area contributed by atoms with E-state index >= 15 is 0 Å². The SMILES string of the molecule is CC1(C)O[C@@H]2C[C@H]3[C@@H]4CCC5=CC(=O)CC[C@]5(C)[C@H]4CC[C@]3(C)[C@]2(C(=O)COC(=O)CCC(=O)O)O1. The van der Waals surface area contributed by atoms with Gasteiger partial charge < -0.3 is 19.3 Å². The summed E-state index contributed by atoms with van der Waals surface area (Å²) in [5.74, 6) is -1.70. The van der Waals surface area contributed by atoms with Gasteiger partial charge in [0.15, 0.2) is 23.8 Å². The Bertz CT molecular complexity index is 1030. The maximum Gasteiger partial charge on any atom is 0.306 e. The number of aliphatic carboxylic acids is 1. The number of Topliss-reactive ketones (excluding diaryl/α,β-unsaturated/α-hetero) is 1. The van der Waals surface area contributed by atoms with E-state index in [1.165, 1.54) is 5.57 Å². The molecule has 1 heterocycles. The average Bonchev–Trinajstić information content (AvgIpc) is 3.22. The smallest absolute Gasteiger partial charge is 0.306 e. The predicted octanol–water partition coefficient (Wildman–Crippen LogP) is 4.00. The Hall–Kier alpha value is -2.06. The number of carbonyl (C=O) groups excluding carboxylic acids is 3. The summed E-state index contributed by atoms with van der Waals surface area (Å²) >= 11 is 0. The topological polar surface area (TPSA) is 116 Å². The Morgan fingerprint density at radius 2 is 1.81 bits per heavy atom. The Balaban J connectivity index is 1.42. The summed E-state index contributed by atoms with van der Waals surface area (Å²) in [6.07, 6.45) is 6.72. The average molecular weight is 503 g/mol. The first-order valence-corrected chi connectivity index (χ1v) is 13.3. The predicted molar refractivity (Wildman–Crippen MR) is 128 cm³/mol. The van der Waals surface area contributed by atoms with E-state index in [1.807, 2.05) is 19.9 Å². The van der Waals surface area contributed by atoms with Gasteiger partial charge in [-0.1, -0.05) is 19.4 Å². The fourth-order valence-corrected chi connectivity index (χ4v) is 8.70. The molecule has 0 radical (unpaired) electrons. The lowest BCUT2D eigenvalue weighted by molar-refractivity contribution is -0.216. The zero-order valence-corrected chi connectivity index (χ0v) is 21.8. The summed E-state index contributed by atoms with van der Waals surface area (Å²) < 4.78 is 18.1. The lowest BCUT2D eigenvalue weighted by atomic mass is 9.46. The van der Waals surface area contributed by atoms with Crippen LogP contribution in [0.15, 0.2) is 11.6 Å². The van der Waals surface area contributed by atoms with Gasteiger partial charge in [0, 0.05) is 11.8 Å². The summed E-state index contributed by atoms with van der Waals surface area (Å²) in [6.45, 7) is 7.68. The van der Waals surface area contributed by atoms with Crippen LogP contribution in [0.4, 0.5) is 0 Å². The number of ketones is 2. The first-order valence-electron chi connectivity index (χ1n) is 13.3. The zero-order valence-electron chi connectivity index (χ0n) is 21.8. The summed E-state index contributed by atoms with van der Waals surface area (Å²) in [4.78, 5) is 48.9. The van der Waals surface area contributed by atoms with Crippen molar-refractivity contribution in [1.29, 1.82) is 0 Å². The summed E-state index contributed by atoms with van der Waals surface area (Å²) in [7, 11) is 0. The number of carboxylic acid groups (broad SMARTS) is 1. The molecule has 0 unspecified atom stereocenters. The van der Waals surface area contributed by atoms with Gasteiger partial charge in [0.1, 0.15) is 0 Å². The van der Waals surface area contributed by atoms with Crippen LogP contribution in [0, 0.1) is 28.6 Å². The van der Waals surface area contributed by atoms with Crippen molar-refractivity contribution >= 4 is 23.5 Å². The number of carbonyl (C=O) groups is 4. The second kappa shape index (κ2) is 8.48. The van der Waals surface area contributed by atoms with E-state index in [0.717, 1.165) is 32.1 Å². The standard InChI is InChI=1S/C28H38O8/c1-25(2)35-22-14-20-18-6-5-16-13-17(29)9-11-26(16,3)19(18)10-12-27(20,4)28(22,36-25)21(30)15-34-24(33)8-7-23(31)32/h13,18-20,22H,5-12,14-15H2,1-4H3,(H,31,32)/t18-,19+,20+,22-,26+,27+,28-/m1/s1. The van der Waals surface area contributed by atoms with E-state index in [0.29, 0.717) is 24.7 Å². The van der Waals surface area contributed by atoms with Crippen molar-refractivity contribution in [2.45, 2.75) is 103 Å². The van der Waals surface area contributed by atoms with Crippen molar-refractivity contribution in [2.75, 3.05) is 6.61 Å². The molecule has 0 aromatic rings. The van der Waals surface area contributed by atoms with E-state index in [2.05, 4.69) is 13.8 Å². The Labute approximate surface area is 212 Å². The third kappa shape index (κ3) is 3.70. The van der Waals surface area contributed by atoms with Crippen LogP contribution >= 0.6 is 0 Å². The van der Waals surface area contributed by atoms with Crippen LogP contribution in [-0.2, 0) is 33.4 Å². The Kier molecular flexibility index (Phi) is 6.03. The lowest BCUT2D eigenvalue weighted by Gasteiger charge is -2.59. The number of ether oxygens (including phenoxy) is 3. The highest BCUT2D eigenvalue weighted by Gasteiger charge is 2.75. The Morgan fingerprint density at radius 3 is 2.53 bits per heavy atom. The van der Waals surface area contributed by atoms with E-state index in [-0.39, 0.29) is 35.7 Å². The van der Waals surface area contributed by atoms with Gasteiger partial charge >= 0.3 is 11.9 Å². The first-order chi connectivity index (χ1) is 16.8. The van der Waals surface area contributed by atoms with Crippen molar-refractivity contribution in [3.8, 4) is 0 Å². The van der Waals surface area contributed by atoms with Crippen molar-refractivity contribution in [2.24, 2.45) is 28.6 Å². The third-order valence-electron chi connectivity index (χ3n) is 10.3. The molecule has 198 valence electrons. The number of allylic oxidation sites excluding steroid dienone is 1. The zero-order chi connectivity index (χ0) is 26.1. The van der Waals surface area contributed by atoms with Crippen molar-refractivity contribution in [1.82, 2.24) is 0 Å². The number of esters is 1. The molecule has 0 bridgehead atoms. The number of rotatable bonds is 6. The highest BCUT2D eigenvalue weighted by molar-refractivity contribution is 5.93. The quantitative estimate of drug-likeness (QED) is 0.542. The van der Waals surface area contributed by atoms with E-state index < -0.39 is 41.5 Å². The molecular formula is C28H38O8. The van der Waals surface area contributed by atoms with Gasteiger partial charge in [0.2, 0.25) is 5.78 Å². The molecule has 0 amide bonds. The van der Waals surface area contributed by atoms with Gasteiger partial charge in [-0.25, -0.2) is 0 Å². The molecule has 0 spiro atoms. The van der Waals surface area contributed by atoms with Gasteiger partial charge in [-0.05, 0) is 81.6 Å². The fourth-order valence-electron chi connectivity index (χ4n) is 8.70. The van der Waals surface area contributed by atoms with Crippen LogP contribution in [0.25, 0.3) is 0 Å². The van der Waals surface area contributed by atoms with E-state index in [4.69, 9.17) is 19.3 Å². The van der Waals surface area contributed by atoms with Gasteiger partial charge in [-0.2, -0.15) is 0 Å². The number of hydrogen-bond donors (Lipinski definition) is 1. The molecule has 4 aliphatic carbocycles. The molecule has 5 aliphatic rings. The highest BCUT2D eigenvalue weighted by Crippen LogP contribution is 2.70. The molecule has 8 nitrogen and oxygen atoms in total. The second-order valence-corrected chi connectivity index (χ2v) is 12.5. The van der Waals surface area contributed by atoms with Crippen molar-refractivity contribution in [3.05, 3.63) is 11.6 Å². The van der Waals surface area contributed by atoms with Crippen LogP contribution in [0.5, 0.6) is 0 Å². The molecule has 3 saturated carbocycles. The normalized spacial score (nSPS) is 42.4. The minimum atomic E-state index is -1.21. The van der Waals surface area contributed by atoms with Crippen LogP contribution in [0.2, 0.25) is 0 Å².